The van der Waals surface area contributed by atoms with Gasteiger partial charge in [0.1, 0.15) is 11.2 Å². The van der Waals surface area contributed by atoms with Crippen LogP contribution in [-0.2, 0) is 0 Å². The average molecular weight is 719 g/mol. The number of furan rings is 2. The van der Waals surface area contributed by atoms with E-state index in [4.69, 9.17) is 28.8 Å². The van der Waals surface area contributed by atoms with Gasteiger partial charge in [-0.25, -0.2) is 9.97 Å². The Labute approximate surface area is 321 Å². The molecule has 11 rings (SSSR count). The van der Waals surface area contributed by atoms with E-state index in [9.17, 15) is 0 Å². The number of hydrogen-bond donors (Lipinski definition) is 0. The van der Waals surface area contributed by atoms with Crippen LogP contribution < -0.4 is 0 Å². The first-order valence-electron chi connectivity index (χ1n) is 18.5. The quantitative estimate of drug-likeness (QED) is 0.170. The molecule has 6 nitrogen and oxygen atoms in total. The predicted octanol–water partition coefficient (Wildman–Crippen LogP) is 13.1. The second kappa shape index (κ2) is 13.0. The fourth-order valence-corrected chi connectivity index (χ4v) is 7.64. The summed E-state index contributed by atoms with van der Waals surface area (Å²) in [4.78, 5) is 20.4. The zero-order chi connectivity index (χ0) is 37.0. The first kappa shape index (κ1) is 31.8. The minimum Gasteiger partial charge on any atom is -0.438 e. The number of rotatable bonds is 6. The van der Waals surface area contributed by atoms with Crippen molar-refractivity contribution in [3.63, 3.8) is 0 Å². The van der Waals surface area contributed by atoms with Gasteiger partial charge in [0.05, 0.1) is 22.2 Å². The van der Waals surface area contributed by atoms with Crippen molar-refractivity contribution < 1.29 is 8.83 Å². The van der Waals surface area contributed by atoms with Crippen LogP contribution in [-0.4, -0.2) is 19.9 Å². The molecular weight excluding hydrogens is 689 g/mol. The lowest BCUT2D eigenvalue weighted by Gasteiger charge is -2.10. The topological polar surface area (TPSA) is 77.8 Å². The number of hydrogen-bond acceptors (Lipinski definition) is 6. The summed E-state index contributed by atoms with van der Waals surface area (Å²) < 4.78 is 12.7. The fraction of sp³-hybridized carbons (Fsp3) is 0. The largest absolute Gasteiger partial charge is 0.438 e. The summed E-state index contributed by atoms with van der Waals surface area (Å²) in [6.07, 6.45) is 0. The molecule has 56 heavy (non-hydrogen) atoms. The number of benzene rings is 7. The van der Waals surface area contributed by atoms with Crippen molar-refractivity contribution in [2.24, 2.45) is 0 Å². The van der Waals surface area contributed by atoms with Crippen molar-refractivity contribution in [1.29, 1.82) is 0 Å². The average Bonchev–Trinajstić information content (AvgIpc) is 3.85. The second-order valence-corrected chi connectivity index (χ2v) is 13.8. The number of para-hydroxylation sites is 2. The fourth-order valence-electron chi connectivity index (χ4n) is 7.64. The van der Waals surface area contributed by atoms with Crippen LogP contribution in [0.5, 0.6) is 0 Å². The van der Waals surface area contributed by atoms with E-state index in [1.54, 1.807) is 0 Å². The van der Waals surface area contributed by atoms with Crippen molar-refractivity contribution >= 4 is 44.1 Å². The van der Waals surface area contributed by atoms with Gasteiger partial charge in [-0.1, -0.05) is 158 Å². The lowest BCUT2D eigenvalue weighted by Crippen LogP contribution is -1.96. The van der Waals surface area contributed by atoms with Gasteiger partial charge in [0, 0.05) is 33.0 Å². The molecule has 4 aromatic heterocycles. The molecule has 0 aliphatic carbocycles. The van der Waals surface area contributed by atoms with Crippen LogP contribution in [0.4, 0.5) is 0 Å². The summed E-state index contributed by atoms with van der Waals surface area (Å²) in [5.74, 6) is 1.13. The minimum absolute atomic E-state index is 0.543. The Morgan fingerprint density at radius 2 is 0.661 bits per heavy atom. The molecule has 0 aliphatic rings. The van der Waals surface area contributed by atoms with E-state index in [0.717, 1.165) is 88.6 Å². The van der Waals surface area contributed by atoms with Crippen LogP contribution in [0.15, 0.2) is 191 Å². The van der Waals surface area contributed by atoms with Gasteiger partial charge in [-0.15, -0.1) is 0 Å². The minimum atomic E-state index is 0.543. The van der Waals surface area contributed by atoms with Crippen LogP contribution >= 0.6 is 0 Å². The van der Waals surface area contributed by atoms with Crippen LogP contribution in [0.1, 0.15) is 0 Å². The van der Waals surface area contributed by atoms with E-state index in [-0.39, 0.29) is 0 Å². The molecule has 0 spiro atoms. The van der Waals surface area contributed by atoms with E-state index in [1.807, 2.05) is 72.8 Å². The highest BCUT2D eigenvalue weighted by molar-refractivity contribution is 6.12. The maximum Gasteiger partial charge on any atom is 0.231 e. The summed E-state index contributed by atoms with van der Waals surface area (Å²) in [5, 5.41) is 3.74. The zero-order valence-electron chi connectivity index (χ0n) is 29.9. The van der Waals surface area contributed by atoms with Gasteiger partial charge in [-0.2, -0.15) is 9.97 Å². The molecule has 11 aromatic rings. The molecule has 4 heterocycles. The molecule has 0 N–H and O–H groups in total. The maximum absolute atomic E-state index is 6.36. The van der Waals surface area contributed by atoms with Gasteiger partial charge in [0.25, 0.3) is 0 Å². The molecule has 7 aromatic carbocycles. The normalized spacial score (nSPS) is 11.6. The van der Waals surface area contributed by atoms with Gasteiger partial charge in [-0.05, 0) is 46.5 Å². The van der Waals surface area contributed by atoms with Crippen LogP contribution in [0, 0.1) is 0 Å². The molecule has 0 aliphatic heterocycles. The first-order chi connectivity index (χ1) is 27.7. The van der Waals surface area contributed by atoms with Crippen molar-refractivity contribution in [2.45, 2.75) is 0 Å². The molecule has 0 saturated heterocycles. The first-order valence-corrected chi connectivity index (χ1v) is 18.5. The third-order valence-electron chi connectivity index (χ3n) is 10.4. The van der Waals surface area contributed by atoms with E-state index >= 15 is 0 Å². The maximum atomic E-state index is 6.36. The van der Waals surface area contributed by atoms with E-state index in [2.05, 4.69) is 109 Å². The van der Waals surface area contributed by atoms with Crippen LogP contribution in [0.25, 0.3) is 112 Å². The Morgan fingerprint density at radius 1 is 0.286 bits per heavy atom. The van der Waals surface area contributed by atoms with E-state index in [0.29, 0.717) is 23.1 Å². The van der Waals surface area contributed by atoms with Gasteiger partial charge >= 0.3 is 0 Å². The smallest absolute Gasteiger partial charge is 0.231 e. The van der Waals surface area contributed by atoms with Crippen LogP contribution in [0.2, 0.25) is 0 Å². The molecule has 262 valence electrons. The lowest BCUT2D eigenvalue weighted by atomic mass is 9.99. The Bertz CT molecular complexity index is 3020. The number of fused-ring (bicyclic) bond motifs is 6. The van der Waals surface area contributed by atoms with Crippen molar-refractivity contribution in [1.82, 2.24) is 19.9 Å². The molecule has 0 bridgehead atoms. The third kappa shape index (κ3) is 5.43. The van der Waals surface area contributed by atoms with Gasteiger partial charge in [-0.3, -0.25) is 0 Å². The number of aromatic nitrogens is 4. The number of nitrogens with zero attached hydrogens (tertiary/aromatic N) is 4. The Hall–Kier alpha value is -7.70. The molecule has 0 amide bonds. The van der Waals surface area contributed by atoms with Crippen molar-refractivity contribution in [3.05, 3.63) is 182 Å². The molecule has 6 heteroatoms. The molecule has 0 fully saturated rings. The van der Waals surface area contributed by atoms with Crippen molar-refractivity contribution in [3.8, 4) is 67.5 Å². The molecule has 0 saturated carbocycles. The van der Waals surface area contributed by atoms with Gasteiger partial charge in [0.2, 0.25) is 11.4 Å². The highest BCUT2D eigenvalue weighted by atomic mass is 16.3. The van der Waals surface area contributed by atoms with Crippen molar-refractivity contribution in [2.75, 3.05) is 0 Å². The Kier molecular flexibility index (Phi) is 7.38. The third-order valence-corrected chi connectivity index (χ3v) is 10.4. The van der Waals surface area contributed by atoms with Gasteiger partial charge < -0.3 is 8.83 Å². The molecular formula is C50H30N4O2. The highest BCUT2D eigenvalue weighted by Gasteiger charge is 2.21. The standard InChI is InChI=1S/C50H30N4O2/c1-3-13-31(14-4-1)35-17-11-19-37(29-35)45-43-39-21-7-9-23-41(39)55-49(43)53-47(51-45)33-25-27-34(28-26-33)48-52-46(44-40-22-8-10-24-42(40)56-50(44)54-48)38-20-12-18-36(30-38)32-15-5-2-6-16-32/h1-30H. The zero-order valence-corrected chi connectivity index (χ0v) is 29.9. The summed E-state index contributed by atoms with van der Waals surface area (Å²) in [7, 11) is 0. The van der Waals surface area contributed by atoms with Crippen LogP contribution in [0.3, 0.4) is 0 Å². The molecule has 0 radical (unpaired) electrons. The second-order valence-electron chi connectivity index (χ2n) is 13.8. The van der Waals surface area contributed by atoms with Gasteiger partial charge in [0.15, 0.2) is 11.6 Å². The summed E-state index contributed by atoms with van der Waals surface area (Å²) in [6.45, 7) is 0. The predicted molar refractivity (Wildman–Crippen MR) is 225 cm³/mol. The Morgan fingerprint density at radius 3 is 1.11 bits per heavy atom. The molecule has 0 unspecified atom stereocenters. The molecule has 0 atom stereocenters. The van der Waals surface area contributed by atoms with E-state index < -0.39 is 0 Å². The summed E-state index contributed by atoms with van der Waals surface area (Å²) >= 11 is 0. The van der Waals surface area contributed by atoms with E-state index in [1.165, 1.54) is 0 Å². The SMILES string of the molecule is c1ccc(-c2cccc(-c3nc(-c4ccc(-c5nc(-c6cccc(-c7ccccc7)c6)c6c(n5)oc5ccccc56)cc4)nc4oc5ccccc5c34)c2)cc1. The summed E-state index contributed by atoms with van der Waals surface area (Å²) in [6, 6.07) is 61.9. The Balaban J connectivity index is 1.04. The summed E-state index contributed by atoms with van der Waals surface area (Å²) in [5.41, 5.74) is 12.4. The lowest BCUT2D eigenvalue weighted by molar-refractivity contribution is 0.653. The highest BCUT2D eigenvalue weighted by Crippen LogP contribution is 2.40. The monoisotopic (exact) mass is 718 g/mol.